The van der Waals surface area contributed by atoms with Crippen molar-refractivity contribution < 1.29 is 9.53 Å². The van der Waals surface area contributed by atoms with Crippen LogP contribution in [0.3, 0.4) is 0 Å². The molecule has 1 atom stereocenters. The van der Waals surface area contributed by atoms with Gasteiger partial charge in [-0.2, -0.15) is 0 Å². The van der Waals surface area contributed by atoms with Crippen molar-refractivity contribution in [2.24, 2.45) is 11.7 Å². The molecule has 15 heavy (non-hydrogen) atoms. The van der Waals surface area contributed by atoms with Crippen LogP contribution in [-0.2, 0) is 0 Å². The topological polar surface area (TPSA) is 52.3 Å². The zero-order valence-electron chi connectivity index (χ0n) is 8.79. The van der Waals surface area contributed by atoms with Crippen LogP contribution in [0.5, 0.6) is 5.75 Å². The lowest BCUT2D eigenvalue weighted by Crippen LogP contribution is -2.21. The number of carbonyl (C=O) groups is 1. The van der Waals surface area contributed by atoms with Gasteiger partial charge in [0, 0.05) is 17.5 Å². The van der Waals surface area contributed by atoms with Crippen molar-refractivity contribution in [2.45, 2.75) is 6.92 Å². The van der Waals surface area contributed by atoms with Gasteiger partial charge in [0.2, 0.25) is 0 Å². The Bertz CT molecular complexity index is 366. The van der Waals surface area contributed by atoms with Gasteiger partial charge in [-0.25, -0.2) is 0 Å². The summed E-state index contributed by atoms with van der Waals surface area (Å²) in [5, 5.41) is 0.517. The third-order valence-corrected chi connectivity index (χ3v) is 2.46. The number of hydrogen-bond acceptors (Lipinski definition) is 3. The highest BCUT2D eigenvalue weighted by Crippen LogP contribution is 2.24. The van der Waals surface area contributed by atoms with Crippen LogP contribution in [-0.4, -0.2) is 19.4 Å². The predicted molar refractivity (Wildman–Crippen MR) is 60.6 cm³/mol. The number of halogens is 1. The second-order valence-electron chi connectivity index (χ2n) is 3.35. The fourth-order valence-corrected chi connectivity index (χ4v) is 1.42. The molecule has 82 valence electrons. The average Bonchev–Trinajstić information content (AvgIpc) is 2.27. The van der Waals surface area contributed by atoms with Gasteiger partial charge >= 0.3 is 0 Å². The lowest BCUT2D eigenvalue weighted by Gasteiger charge is -2.11. The van der Waals surface area contributed by atoms with Gasteiger partial charge in [0.15, 0.2) is 5.78 Å². The maximum atomic E-state index is 11.9. The van der Waals surface area contributed by atoms with Gasteiger partial charge < -0.3 is 10.5 Å². The molecule has 0 heterocycles. The summed E-state index contributed by atoms with van der Waals surface area (Å²) in [6, 6.07) is 4.97. The Balaban J connectivity index is 3.11. The molecule has 0 amide bonds. The summed E-state index contributed by atoms with van der Waals surface area (Å²) >= 11 is 5.83. The van der Waals surface area contributed by atoms with E-state index in [0.717, 1.165) is 0 Å². The molecule has 0 saturated carbocycles. The molecule has 0 fully saturated rings. The molecular formula is C11H14ClNO2. The average molecular weight is 228 g/mol. The first-order valence-electron chi connectivity index (χ1n) is 4.68. The first-order valence-corrected chi connectivity index (χ1v) is 5.05. The van der Waals surface area contributed by atoms with Crippen molar-refractivity contribution in [2.75, 3.05) is 13.7 Å². The molecule has 0 aliphatic rings. The van der Waals surface area contributed by atoms with Crippen molar-refractivity contribution >= 4 is 17.4 Å². The minimum Gasteiger partial charge on any atom is -0.496 e. The predicted octanol–water partition coefficient (Wildman–Crippen LogP) is 2.13. The lowest BCUT2D eigenvalue weighted by molar-refractivity contribution is 0.0931. The quantitative estimate of drug-likeness (QED) is 0.802. The van der Waals surface area contributed by atoms with Crippen molar-refractivity contribution in [3.63, 3.8) is 0 Å². The minimum atomic E-state index is -0.225. The summed E-state index contributed by atoms with van der Waals surface area (Å²) in [4.78, 5) is 11.9. The van der Waals surface area contributed by atoms with Gasteiger partial charge in [-0.1, -0.05) is 18.5 Å². The molecule has 1 unspecified atom stereocenters. The minimum absolute atomic E-state index is 0.0446. The maximum absolute atomic E-state index is 11.9. The third kappa shape index (κ3) is 2.70. The fourth-order valence-electron chi connectivity index (χ4n) is 1.25. The highest BCUT2D eigenvalue weighted by atomic mass is 35.5. The Hall–Kier alpha value is -1.06. The van der Waals surface area contributed by atoms with E-state index >= 15 is 0 Å². The molecule has 0 spiro atoms. The summed E-state index contributed by atoms with van der Waals surface area (Å²) < 4.78 is 5.10. The van der Waals surface area contributed by atoms with Gasteiger partial charge in [0.05, 0.1) is 12.7 Å². The second-order valence-corrected chi connectivity index (χ2v) is 3.78. The van der Waals surface area contributed by atoms with E-state index in [4.69, 9.17) is 22.1 Å². The highest BCUT2D eigenvalue weighted by Gasteiger charge is 2.18. The van der Waals surface area contributed by atoms with E-state index in [-0.39, 0.29) is 11.7 Å². The monoisotopic (exact) mass is 227 g/mol. The molecule has 4 heteroatoms. The summed E-state index contributed by atoms with van der Waals surface area (Å²) in [7, 11) is 1.52. The van der Waals surface area contributed by atoms with E-state index in [0.29, 0.717) is 22.9 Å². The number of Topliss-reactive ketones (excluding diaryl/α,β-unsaturated/α-hetero) is 1. The van der Waals surface area contributed by atoms with E-state index < -0.39 is 0 Å². The molecule has 1 rings (SSSR count). The van der Waals surface area contributed by atoms with Crippen LogP contribution in [0.1, 0.15) is 17.3 Å². The first kappa shape index (κ1) is 12.0. The molecule has 0 aliphatic heterocycles. The van der Waals surface area contributed by atoms with Crippen LogP contribution >= 0.6 is 11.6 Å². The maximum Gasteiger partial charge on any atom is 0.170 e. The van der Waals surface area contributed by atoms with Crippen LogP contribution in [0, 0.1) is 5.92 Å². The Labute approximate surface area is 94.2 Å². The number of benzene rings is 1. The van der Waals surface area contributed by atoms with E-state index in [2.05, 4.69) is 0 Å². The summed E-state index contributed by atoms with van der Waals surface area (Å²) in [5.74, 6) is 0.263. The molecule has 0 aliphatic carbocycles. The van der Waals surface area contributed by atoms with Crippen molar-refractivity contribution in [3.05, 3.63) is 28.8 Å². The number of hydrogen-bond donors (Lipinski definition) is 1. The second kappa shape index (κ2) is 5.14. The van der Waals surface area contributed by atoms with Crippen LogP contribution in [0.2, 0.25) is 5.02 Å². The molecule has 0 saturated heterocycles. The van der Waals surface area contributed by atoms with Crippen LogP contribution in [0.4, 0.5) is 0 Å². The normalized spacial score (nSPS) is 12.3. The SMILES string of the molecule is COc1ccc(Cl)cc1C(=O)C(C)CN. The molecular weight excluding hydrogens is 214 g/mol. The van der Waals surface area contributed by atoms with Gasteiger partial charge in [0.1, 0.15) is 5.75 Å². The summed E-state index contributed by atoms with van der Waals surface area (Å²) in [6.07, 6.45) is 0. The highest BCUT2D eigenvalue weighted by molar-refractivity contribution is 6.31. The number of carbonyl (C=O) groups excluding carboxylic acids is 1. The third-order valence-electron chi connectivity index (χ3n) is 2.23. The molecule has 0 bridgehead atoms. The standard InChI is InChI=1S/C11H14ClNO2/c1-7(6-13)11(14)9-5-8(12)3-4-10(9)15-2/h3-5,7H,6,13H2,1-2H3. The van der Waals surface area contributed by atoms with Crippen molar-refractivity contribution in [3.8, 4) is 5.75 Å². The summed E-state index contributed by atoms with van der Waals surface area (Å²) in [5.41, 5.74) is 5.93. The Kier molecular flexibility index (Phi) is 4.12. The largest absolute Gasteiger partial charge is 0.496 e. The fraction of sp³-hybridized carbons (Fsp3) is 0.364. The van der Waals surface area contributed by atoms with Gasteiger partial charge in [-0.05, 0) is 18.2 Å². The molecule has 2 N–H and O–H groups in total. The number of ether oxygens (including phenoxy) is 1. The molecule has 1 aromatic carbocycles. The van der Waals surface area contributed by atoms with Crippen LogP contribution in [0.15, 0.2) is 18.2 Å². The van der Waals surface area contributed by atoms with Gasteiger partial charge in [-0.15, -0.1) is 0 Å². The van der Waals surface area contributed by atoms with Gasteiger partial charge in [-0.3, -0.25) is 4.79 Å². The number of rotatable bonds is 4. The van der Waals surface area contributed by atoms with Crippen LogP contribution in [0.25, 0.3) is 0 Å². The Morgan fingerprint density at radius 2 is 2.27 bits per heavy atom. The van der Waals surface area contributed by atoms with E-state index in [1.54, 1.807) is 25.1 Å². The van der Waals surface area contributed by atoms with Crippen LogP contribution < -0.4 is 10.5 Å². The van der Waals surface area contributed by atoms with Crippen molar-refractivity contribution in [1.82, 2.24) is 0 Å². The molecule has 0 aromatic heterocycles. The zero-order valence-corrected chi connectivity index (χ0v) is 9.54. The zero-order chi connectivity index (χ0) is 11.4. The van der Waals surface area contributed by atoms with Crippen molar-refractivity contribution in [1.29, 1.82) is 0 Å². The molecule has 3 nitrogen and oxygen atoms in total. The Morgan fingerprint density at radius 3 is 2.80 bits per heavy atom. The number of ketones is 1. The Morgan fingerprint density at radius 1 is 1.60 bits per heavy atom. The molecule has 0 radical (unpaired) electrons. The summed E-state index contributed by atoms with van der Waals surface area (Å²) in [6.45, 7) is 2.09. The number of methoxy groups -OCH3 is 1. The molecule has 1 aromatic rings. The van der Waals surface area contributed by atoms with E-state index in [1.807, 2.05) is 0 Å². The van der Waals surface area contributed by atoms with Gasteiger partial charge in [0.25, 0.3) is 0 Å². The first-order chi connectivity index (χ1) is 7.10. The lowest BCUT2D eigenvalue weighted by atomic mass is 9.99. The number of nitrogens with two attached hydrogens (primary N) is 1. The smallest absolute Gasteiger partial charge is 0.170 e. The van der Waals surface area contributed by atoms with E-state index in [1.165, 1.54) is 7.11 Å². The van der Waals surface area contributed by atoms with E-state index in [9.17, 15) is 4.79 Å².